The number of aliphatic hydroxyl groups excluding tert-OH is 1. The summed E-state index contributed by atoms with van der Waals surface area (Å²) in [5, 5.41) is 22.7. The van der Waals surface area contributed by atoms with Crippen LogP contribution in [0, 0.1) is 0 Å². The first-order valence-electron chi connectivity index (χ1n) is 6.54. The van der Waals surface area contributed by atoms with Crippen molar-refractivity contribution in [2.75, 3.05) is 6.54 Å². The molecule has 20 heavy (non-hydrogen) atoms. The summed E-state index contributed by atoms with van der Waals surface area (Å²) in [6, 6.07) is 7.45. The second-order valence-electron chi connectivity index (χ2n) is 4.37. The highest BCUT2D eigenvalue weighted by Crippen LogP contribution is 2.08. The van der Waals surface area contributed by atoms with Gasteiger partial charge in [-0.25, -0.2) is 9.59 Å². The predicted molar refractivity (Wildman–Crippen MR) is 74.3 cm³/mol. The first-order chi connectivity index (χ1) is 9.54. The summed E-state index contributed by atoms with van der Waals surface area (Å²) in [5.74, 6) is -1.29. The summed E-state index contributed by atoms with van der Waals surface area (Å²) in [5.41, 5.74) is 2.23. The van der Waals surface area contributed by atoms with Crippen LogP contribution < -0.4 is 10.6 Å². The normalized spacial score (nSPS) is 11.7. The van der Waals surface area contributed by atoms with Gasteiger partial charge in [0.2, 0.25) is 0 Å². The molecule has 0 aliphatic heterocycles. The van der Waals surface area contributed by atoms with Crippen LogP contribution in [0.15, 0.2) is 24.3 Å². The quantitative estimate of drug-likeness (QED) is 0.596. The molecule has 0 spiro atoms. The van der Waals surface area contributed by atoms with Crippen LogP contribution in [0.1, 0.15) is 24.5 Å². The molecule has 0 bridgehead atoms. The zero-order chi connectivity index (χ0) is 15.0. The van der Waals surface area contributed by atoms with Crippen LogP contribution in [-0.4, -0.2) is 34.9 Å². The van der Waals surface area contributed by atoms with Gasteiger partial charge < -0.3 is 20.8 Å². The van der Waals surface area contributed by atoms with E-state index in [2.05, 4.69) is 10.6 Å². The van der Waals surface area contributed by atoms with E-state index < -0.39 is 12.1 Å². The molecular weight excluding hydrogens is 260 g/mol. The smallest absolute Gasteiger partial charge is 0.332 e. The van der Waals surface area contributed by atoms with E-state index in [1.165, 1.54) is 5.56 Å². The van der Waals surface area contributed by atoms with Crippen molar-refractivity contribution in [1.29, 1.82) is 0 Å². The molecule has 1 aromatic carbocycles. The van der Waals surface area contributed by atoms with Crippen LogP contribution in [0.3, 0.4) is 0 Å². The fraction of sp³-hybridized carbons (Fsp3) is 0.429. The number of urea groups is 1. The van der Waals surface area contributed by atoms with Crippen LogP contribution in [0.25, 0.3) is 0 Å². The third kappa shape index (κ3) is 5.27. The number of benzene rings is 1. The van der Waals surface area contributed by atoms with Gasteiger partial charge in [0.1, 0.15) is 0 Å². The molecule has 0 aliphatic rings. The fourth-order valence-electron chi connectivity index (χ4n) is 1.76. The van der Waals surface area contributed by atoms with Crippen molar-refractivity contribution in [3.63, 3.8) is 0 Å². The van der Waals surface area contributed by atoms with E-state index >= 15 is 0 Å². The zero-order valence-electron chi connectivity index (χ0n) is 11.4. The minimum atomic E-state index is -1.45. The van der Waals surface area contributed by atoms with E-state index in [9.17, 15) is 9.59 Å². The van der Waals surface area contributed by atoms with Gasteiger partial charge in [-0.2, -0.15) is 0 Å². The second kappa shape index (κ2) is 8.16. The third-order valence-electron chi connectivity index (χ3n) is 2.93. The molecule has 0 aromatic heterocycles. The molecular formula is C14H20N2O4. The topological polar surface area (TPSA) is 98.7 Å². The summed E-state index contributed by atoms with van der Waals surface area (Å²) in [6.45, 7) is 2.57. The molecule has 1 rings (SSSR count). The lowest BCUT2D eigenvalue weighted by Crippen LogP contribution is -2.37. The van der Waals surface area contributed by atoms with Gasteiger partial charge in [-0.3, -0.25) is 0 Å². The Morgan fingerprint density at radius 2 is 1.85 bits per heavy atom. The molecule has 4 N–H and O–H groups in total. The maximum atomic E-state index is 11.5. The van der Waals surface area contributed by atoms with Gasteiger partial charge in [0.25, 0.3) is 0 Å². The minimum absolute atomic E-state index is 0.0195. The van der Waals surface area contributed by atoms with Crippen LogP contribution >= 0.6 is 0 Å². The Labute approximate surface area is 117 Å². The first kappa shape index (κ1) is 16.0. The highest BCUT2D eigenvalue weighted by Gasteiger charge is 2.12. The number of rotatable bonds is 7. The molecule has 2 amide bonds. The fourth-order valence-corrected chi connectivity index (χ4v) is 1.76. The Morgan fingerprint density at radius 1 is 1.20 bits per heavy atom. The molecule has 0 unspecified atom stereocenters. The molecule has 0 saturated heterocycles. The summed E-state index contributed by atoms with van der Waals surface area (Å²) >= 11 is 0. The molecule has 110 valence electrons. The number of hydrogen-bond donors (Lipinski definition) is 4. The zero-order valence-corrected chi connectivity index (χ0v) is 11.4. The van der Waals surface area contributed by atoms with E-state index in [0.717, 1.165) is 12.0 Å². The van der Waals surface area contributed by atoms with Crippen molar-refractivity contribution in [3.8, 4) is 0 Å². The number of nitrogens with one attached hydrogen (secondary N) is 2. The first-order valence-corrected chi connectivity index (χ1v) is 6.54. The second-order valence-corrected chi connectivity index (χ2v) is 4.37. The van der Waals surface area contributed by atoms with Crippen LogP contribution in [0.4, 0.5) is 4.79 Å². The number of aliphatic carboxylic acids is 1. The molecule has 0 aliphatic carbocycles. The van der Waals surface area contributed by atoms with Crippen molar-refractivity contribution in [1.82, 2.24) is 10.6 Å². The van der Waals surface area contributed by atoms with Crippen molar-refractivity contribution in [3.05, 3.63) is 35.4 Å². The summed E-state index contributed by atoms with van der Waals surface area (Å²) < 4.78 is 0. The summed E-state index contributed by atoms with van der Waals surface area (Å²) in [7, 11) is 0. The monoisotopic (exact) mass is 280 g/mol. The molecule has 6 nitrogen and oxygen atoms in total. The Kier molecular flexibility index (Phi) is 6.52. The Bertz CT molecular complexity index is 462. The number of aliphatic hydroxyl groups is 1. The lowest BCUT2D eigenvalue weighted by atomic mass is 10.1. The molecule has 1 atom stereocenters. The van der Waals surface area contributed by atoms with E-state index in [1.807, 2.05) is 31.2 Å². The lowest BCUT2D eigenvalue weighted by Gasteiger charge is -2.11. The largest absolute Gasteiger partial charge is 0.479 e. The highest BCUT2D eigenvalue weighted by atomic mass is 16.4. The van der Waals surface area contributed by atoms with Gasteiger partial charge in [-0.15, -0.1) is 0 Å². The number of hydrogen-bond acceptors (Lipinski definition) is 3. The number of aryl methyl sites for hydroxylation is 1. The van der Waals surface area contributed by atoms with Crippen molar-refractivity contribution < 1.29 is 19.8 Å². The molecule has 1 aromatic rings. The van der Waals surface area contributed by atoms with Crippen molar-refractivity contribution >= 4 is 12.0 Å². The number of carbonyl (C=O) groups excluding carboxylic acids is 1. The van der Waals surface area contributed by atoms with E-state index in [-0.39, 0.29) is 19.0 Å². The van der Waals surface area contributed by atoms with Crippen LogP contribution in [0.5, 0.6) is 0 Å². The van der Waals surface area contributed by atoms with E-state index in [4.69, 9.17) is 10.2 Å². The number of carbonyl (C=O) groups is 2. The Morgan fingerprint density at radius 3 is 2.45 bits per heavy atom. The van der Waals surface area contributed by atoms with Gasteiger partial charge in [0, 0.05) is 19.5 Å². The van der Waals surface area contributed by atoms with Crippen molar-refractivity contribution in [2.45, 2.75) is 32.4 Å². The third-order valence-corrected chi connectivity index (χ3v) is 2.93. The standard InChI is InChI=1S/C14H20N2O4/c1-2-10-5-3-4-6-11(10)9-16-14(20)15-8-7-12(17)13(18)19/h3-6,12,17H,2,7-9H2,1H3,(H,18,19)(H2,15,16,20)/t12-/m0/s1. The average molecular weight is 280 g/mol. The van der Waals surface area contributed by atoms with Gasteiger partial charge in [0.05, 0.1) is 0 Å². The number of carboxylic acids is 1. The summed E-state index contributed by atoms with van der Waals surface area (Å²) in [4.78, 5) is 21.9. The van der Waals surface area contributed by atoms with Crippen LogP contribution in [0.2, 0.25) is 0 Å². The Balaban J connectivity index is 2.31. The lowest BCUT2D eigenvalue weighted by molar-refractivity contribution is -0.146. The van der Waals surface area contributed by atoms with Gasteiger partial charge in [0.15, 0.2) is 6.10 Å². The maximum absolute atomic E-state index is 11.5. The average Bonchev–Trinajstić information content (AvgIpc) is 2.45. The SMILES string of the molecule is CCc1ccccc1CNC(=O)NCC[C@H](O)C(=O)O. The van der Waals surface area contributed by atoms with Gasteiger partial charge >= 0.3 is 12.0 Å². The number of carboxylic acid groups (broad SMARTS) is 1. The molecule has 6 heteroatoms. The molecule has 0 fully saturated rings. The molecule has 0 saturated carbocycles. The Hall–Kier alpha value is -2.08. The van der Waals surface area contributed by atoms with Gasteiger partial charge in [-0.05, 0) is 17.5 Å². The number of amides is 2. The molecule has 0 heterocycles. The van der Waals surface area contributed by atoms with Crippen molar-refractivity contribution in [2.24, 2.45) is 0 Å². The van der Waals surface area contributed by atoms with Gasteiger partial charge in [-0.1, -0.05) is 31.2 Å². The highest BCUT2D eigenvalue weighted by molar-refractivity contribution is 5.74. The van der Waals surface area contributed by atoms with Crippen LogP contribution in [-0.2, 0) is 17.8 Å². The summed E-state index contributed by atoms with van der Waals surface area (Å²) in [6.07, 6.45) is -0.574. The minimum Gasteiger partial charge on any atom is -0.479 e. The predicted octanol–water partition coefficient (Wildman–Crippen LogP) is 0.884. The molecule has 0 radical (unpaired) electrons. The van der Waals surface area contributed by atoms with E-state index in [0.29, 0.717) is 6.54 Å². The maximum Gasteiger partial charge on any atom is 0.332 e. The van der Waals surface area contributed by atoms with E-state index in [1.54, 1.807) is 0 Å².